The minimum Gasteiger partial charge on any atom is -0.496 e. The fourth-order valence-corrected chi connectivity index (χ4v) is 2.94. The number of carbonyl (C=O) groups is 2. The molecule has 2 amide bonds. The van der Waals surface area contributed by atoms with Crippen LogP contribution in [0.2, 0.25) is 0 Å². The Labute approximate surface area is 159 Å². The van der Waals surface area contributed by atoms with Crippen LogP contribution in [-0.4, -0.2) is 25.5 Å². The Kier molecular flexibility index (Phi) is 5.58. The van der Waals surface area contributed by atoms with Gasteiger partial charge in [-0.05, 0) is 43.0 Å². The van der Waals surface area contributed by atoms with E-state index in [1.807, 2.05) is 24.3 Å². The van der Waals surface area contributed by atoms with Gasteiger partial charge < -0.3 is 15.4 Å². The third-order valence-electron chi connectivity index (χ3n) is 4.78. The van der Waals surface area contributed by atoms with Crippen LogP contribution in [-0.2, 0) is 16.0 Å². The highest BCUT2D eigenvalue weighted by Crippen LogP contribution is 2.47. The van der Waals surface area contributed by atoms with Crippen molar-refractivity contribution in [1.82, 2.24) is 5.32 Å². The van der Waals surface area contributed by atoms with Gasteiger partial charge in [-0.25, -0.2) is 13.2 Å². The maximum Gasteiger partial charge on any atom is 0.240 e. The summed E-state index contributed by atoms with van der Waals surface area (Å²) in [6.07, 6.45) is 1.10. The number of nitrogens with one attached hydrogen (secondary N) is 2. The van der Waals surface area contributed by atoms with Crippen molar-refractivity contribution in [3.63, 3.8) is 0 Å². The Morgan fingerprint density at radius 1 is 1.04 bits per heavy atom. The van der Waals surface area contributed by atoms with Crippen molar-refractivity contribution < 1.29 is 27.5 Å². The van der Waals surface area contributed by atoms with Crippen LogP contribution < -0.4 is 15.4 Å². The SMILES string of the molecule is COc1ccccc1CCNC(=O)C1(C(=O)Nc2ccc(F)c(F)c2F)CC1. The van der Waals surface area contributed by atoms with Crippen LogP contribution in [0.4, 0.5) is 18.9 Å². The van der Waals surface area contributed by atoms with E-state index in [0.29, 0.717) is 31.1 Å². The Morgan fingerprint density at radius 2 is 1.75 bits per heavy atom. The summed E-state index contributed by atoms with van der Waals surface area (Å²) in [5, 5.41) is 4.89. The zero-order chi connectivity index (χ0) is 20.3. The highest BCUT2D eigenvalue weighted by Gasteiger charge is 2.56. The van der Waals surface area contributed by atoms with E-state index >= 15 is 0 Å². The molecule has 2 aromatic carbocycles. The van der Waals surface area contributed by atoms with Crippen LogP contribution in [0, 0.1) is 22.9 Å². The maximum atomic E-state index is 13.8. The lowest BCUT2D eigenvalue weighted by Crippen LogP contribution is -2.40. The molecule has 0 bridgehead atoms. The lowest BCUT2D eigenvalue weighted by Gasteiger charge is -2.16. The normalized spacial score (nSPS) is 14.3. The van der Waals surface area contributed by atoms with Gasteiger partial charge in [0.05, 0.1) is 12.8 Å². The predicted molar refractivity (Wildman–Crippen MR) is 96.3 cm³/mol. The summed E-state index contributed by atoms with van der Waals surface area (Å²) in [5.74, 6) is -5.06. The first-order chi connectivity index (χ1) is 13.4. The van der Waals surface area contributed by atoms with Gasteiger partial charge in [0.15, 0.2) is 17.5 Å². The molecule has 0 unspecified atom stereocenters. The first-order valence-corrected chi connectivity index (χ1v) is 8.74. The Balaban J connectivity index is 1.60. The van der Waals surface area contributed by atoms with Gasteiger partial charge in [-0.15, -0.1) is 0 Å². The summed E-state index contributed by atoms with van der Waals surface area (Å²) >= 11 is 0. The van der Waals surface area contributed by atoms with Crippen molar-refractivity contribution in [2.75, 3.05) is 19.0 Å². The average Bonchev–Trinajstić information content (AvgIpc) is 3.51. The maximum absolute atomic E-state index is 13.8. The quantitative estimate of drug-likeness (QED) is 0.562. The molecule has 1 aliphatic rings. The molecular weight excluding hydrogens is 373 g/mol. The zero-order valence-electron chi connectivity index (χ0n) is 15.2. The molecule has 0 saturated heterocycles. The first-order valence-electron chi connectivity index (χ1n) is 8.74. The summed E-state index contributed by atoms with van der Waals surface area (Å²) in [6.45, 7) is 0.285. The molecule has 2 aromatic rings. The molecule has 148 valence electrons. The second-order valence-corrected chi connectivity index (χ2v) is 6.58. The number of benzene rings is 2. The molecule has 0 atom stereocenters. The molecule has 0 radical (unpaired) electrons. The van der Waals surface area contributed by atoms with E-state index in [9.17, 15) is 22.8 Å². The van der Waals surface area contributed by atoms with Crippen molar-refractivity contribution in [2.24, 2.45) is 5.41 Å². The van der Waals surface area contributed by atoms with E-state index in [4.69, 9.17) is 4.74 Å². The fourth-order valence-electron chi connectivity index (χ4n) is 2.94. The number of methoxy groups -OCH3 is 1. The van der Waals surface area contributed by atoms with Crippen molar-refractivity contribution in [2.45, 2.75) is 19.3 Å². The average molecular weight is 392 g/mol. The molecule has 0 aliphatic heterocycles. The smallest absolute Gasteiger partial charge is 0.240 e. The van der Waals surface area contributed by atoms with Gasteiger partial charge in [0.25, 0.3) is 0 Å². The van der Waals surface area contributed by atoms with Gasteiger partial charge in [-0.3, -0.25) is 9.59 Å². The highest BCUT2D eigenvalue weighted by atomic mass is 19.2. The minimum atomic E-state index is -1.68. The summed E-state index contributed by atoms with van der Waals surface area (Å²) in [6, 6.07) is 9.00. The second-order valence-electron chi connectivity index (χ2n) is 6.58. The van der Waals surface area contributed by atoms with Gasteiger partial charge in [-0.1, -0.05) is 18.2 Å². The largest absolute Gasteiger partial charge is 0.496 e. The number of ether oxygens (including phenoxy) is 1. The van der Waals surface area contributed by atoms with Gasteiger partial charge in [-0.2, -0.15) is 0 Å². The van der Waals surface area contributed by atoms with E-state index in [1.165, 1.54) is 0 Å². The van der Waals surface area contributed by atoms with Crippen molar-refractivity contribution >= 4 is 17.5 Å². The lowest BCUT2D eigenvalue weighted by atomic mass is 10.0. The molecule has 0 aromatic heterocycles. The monoisotopic (exact) mass is 392 g/mol. The topological polar surface area (TPSA) is 67.4 Å². The molecule has 2 N–H and O–H groups in total. The zero-order valence-corrected chi connectivity index (χ0v) is 15.2. The molecule has 3 rings (SSSR count). The van der Waals surface area contributed by atoms with Gasteiger partial charge in [0.1, 0.15) is 11.2 Å². The fraction of sp³-hybridized carbons (Fsp3) is 0.300. The summed E-state index contributed by atoms with van der Waals surface area (Å²) in [7, 11) is 1.55. The number of rotatable bonds is 7. The van der Waals surface area contributed by atoms with Gasteiger partial charge in [0.2, 0.25) is 11.8 Å². The summed E-state index contributed by atoms with van der Waals surface area (Å²) in [4.78, 5) is 24.9. The molecule has 28 heavy (non-hydrogen) atoms. The van der Waals surface area contributed by atoms with Crippen molar-refractivity contribution in [3.8, 4) is 5.75 Å². The lowest BCUT2D eigenvalue weighted by molar-refractivity contribution is -0.134. The Bertz CT molecular complexity index is 914. The van der Waals surface area contributed by atoms with Crippen LogP contribution in [0.15, 0.2) is 36.4 Å². The predicted octanol–water partition coefficient (Wildman–Crippen LogP) is 3.19. The second kappa shape index (κ2) is 7.92. The van der Waals surface area contributed by atoms with Gasteiger partial charge >= 0.3 is 0 Å². The van der Waals surface area contributed by atoms with Crippen LogP contribution in [0.1, 0.15) is 18.4 Å². The number of halogens is 3. The summed E-state index contributed by atoms with van der Waals surface area (Å²) < 4.78 is 45.3. The van der Waals surface area contributed by atoms with Crippen LogP contribution >= 0.6 is 0 Å². The van der Waals surface area contributed by atoms with E-state index < -0.39 is 40.4 Å². The Morgan fingerprint density at radius 3 is 2.43 bits per heavy atom. The number of hydrogen-bond donors (Lipinski definition) is 2. The molecule has 0 heterocycles. The number of amides is 2. The third-order valence-corrected chi connectivity index (χ3v) is 4.78. The minimum absolute atomic E-state index is 0.285. The van der Waals surface area contributed by atoms with E-state index in [1.54, 1.807) is 7.11 Å². The molecule has 1 fully saturated rings. The summed E-state index contributed by atoms with van der Waals surface area (Å²) in [5.41, 5.74) is -0.918. The number of anilines is 1. The Hall–Kier alpha value is -3.03. The van der Waals surface area contributed by atoms with Crippen LogP contribution in [0.3, 0.4) is 0 Å². The third kappa shape index (κ3) is 3.81. The van der Waals surface area contributed by atoms with E-state index in [-0.39, 0.29) is 6.54 Å². The standard InChI is InChI=1S/C20H19F3N2O3/c1-28-15-5-3-2-4-12(15)8-11-24-18(26)20(9-10-20)19(27)25-14-7-6-13(21)16(22)17(14)23/h2-7H,8-11H2,1H3,(H,24,26)(H,25,27). The van der Waals surface area contributed by atoms with Gasteiger partial charge in [0, 0.05) is 6.54 Å². The van der Waals surface area contributed by atoms with Crippen LogP contribution in [0.25, 0.3) is 0 Å². The number of para-hydroxylation sites is 1. The van der Waals surface area contributed by atoms with Crippen molar-refractivity contribution in [3.05, 3.63) is 59.4 Å². The van der Waals surface area contributed by atoms with E-state index in [2.05, 4.69) is 10.6 Å². The molecule has 8 heteroatoms. The molecule has 0 spiro atoms. The molecular formula is C20H19F3N2O3. The number of carbonyl (C=O) groups excluding carboxylic acids is 2. The molecule has 5 nitrogen and oxygen atoms in total. The van der Waals surface area contributed by atoms with Crippen LogP contribution in [0.5, 0.6) is 5.75 Å². The molecule has 1 aliphatic carbocycles. The highest BCUT2D eigenvalue weighted by molar-refractivity contribution is 6.13. The first kappa shape index (κ1) is 19.7. The number of hydrogen-bond acceptors (Lipinski definition) is 3. The van der Waals surface area contributed by atoms with Crippen molar-refractivity contribution in [1.29, 1.82) is 0 Å². The molecule has 1 saturated carbocycles. The van der Waals surface area contributed by atoms with E-state index in [0.717, 1.165) is 11.6 Å².